The van der Waals surface area contributed by atoms with Gasteiger partial charge in [-0.3, -0.25) is 0 Å². The van der Waals surface area contributed by atoms with Crippen molar-refractivity contribution in [2.24, 2.45) is 0 Å². The van der Waals surface area contributed by atoms with E-state index in [1.165, 1.54) is 29.9 Å². The molecule has 1 saturated heterocycles. The second-order valence-corrected chi connectivity index (χ2v) is 4.79. The van der Waals surface area contributed by atoms with Gasteiger partial charge in [0.1, 0.15) is 0 Å². The van der Waals surface area contributed by atoms with E-state index < -0.39 is 0 Å². The molecule has 1 fully saturated rings. The zero-order valence-corrected chi connectivity index (χ0v) is 10.5. The van der Waals surface area contributed by atoms with E-state index in [9.17, 15) is 0 Å². The Balaban J connectivity index is 1.98. The third kappa shape index (κ3) is 2.27. The monoisotopic (exact) mass is 236 g/mol. The van der Waals surface area contributed by atoms with Crippen molar-refractivity contribution in [3.05, 3.63) is 77.7 Å². The molecule has 1 atom stereocenters. The van der Waals surface area contributed by atoms with Gasteiger partial charge < -0.3 is 5.32 Å². The first kappa shape index (κ1) is 11.4. The summed E-state index contributed by atoms with van der Waals surface area (Å²) in [7, 11) is 0. The normalized spacial score (nSPS) is 18.8. The Morgan fingerprint density at radius 2 is 1.39 bits per heavy atom. The first-order valence-corrected chi connectivity index (χ1v) is 6.66. The molecule has 0 radical (unpaired) electrons. The predicted octanol–water partition coefficient (Wildman–Crippen LogP) is 3.41. The van der Waals surface area contributed by atoms with Gasteiger partial charge in [-0.25, -0.2) is 0 Å². The Bertz CT molecular complexity index is 432. The van der Waals surface area contributed by atoms with Crippen LogP contribution in [-0.4, -0.2) is 12.6 Å². The molecule has 1 N–H and O–H groups in total. The van der Waals surface area contributed by atoms with Crippen molar-refractivity contribution in [1.29, 1.82) is 0 Å². The number of benzene rings is 2. The highest BCUT2D eigenvalue weighted by molar-refractivity contribution is 5.48. The van der Waals surface area contributed by atoms with E-state index in [4.69, 9.17) is 0 Å². The van der Waals surface area contributed by atoms with Gasteiger partial charge in [0.15, 0.2) is 0 Å². The van der Waals surface area contributed by atoms with Crippen LogP contribution in [0.15, 0.2) is 60.7 Å². The van der Waals surface area contributed by atoms with Crippen molar-refractivity contribution in [3.63, 3.8) is 0 Å². The van der Waals surface area contributed by atoms with Gasteiger partial charge in [0, 0.05) is 24.3 Å². The highest BCUT2D eigenvalue weighted by Gasteiger charge is 2.31. The Labute approximate surface area is 109 Å². The molecule has 0 aliphatic carbocycles. The Kier molecular flexibility index (Phi) is 3.33. The average molecular weight is 236 g/mol. The maximum Gasteiger partial charge on any atom is 0.0772 e. The molecule has 90 valence electrons. The van der Waals surface area contributed by atoms with Crippen LogP contribution in [0.1, 0.15) is 24.0 Å². The summed E-state index contributed by atoms with van der Waals surface area (Å²) in [6, 6.07) is 22.0. The molecule has 1 nitrogen and oxygen atoms in total. The molecule has 2 aromatic rings. The summed E-state index contributed by atoms with van der Waals surface area (Å²) in [4.78, 5) is 0. The van der Waals surface area contributed by atoms with E-state index in [1.807, 2.05) is 0 Å². The lowest BCUT2D eigenvalue weighted by Crippen LogP contribution is -2.30. The summed E-state index contributed by atoms with van der Waals surface area (Å²) in [5, 5.41) is 3.62. The molecule has 3 rings (SSSR count). The molecule has 0 aromatic heterocycles. The van der Waals surface area contributed by atoms with Crippen LogP contribution in [0.2, 0.25) is 0 Å². The minimum absolute atomic E-state index is 0.495. The third-order valence-corrected chi connectivity index (χ3v) is 3.58. The van der Waals surface area contributed by atoms with E-state index in [0.717, 1.165) is 6.54 Å². The summed E-state index contributed by atoms with van der Waals surface area (Å²) in [5.41, 5.74) is 2.67. The summed E-state index contributed by atoms with van der Waals surface area (Å²) < 4.78 is 0. The van der Waals surface area contributed by atoms with Crippen LogP contribution in [0.25, 0.3) is 0 Å². The summed E-state index contributed by atoms with van der Waals surface area (Å²) in [5.74, 6) is 1.44. The lowest BCUT2D eigenvalue weighted by molar-refractivity contribution is 0.649. The minimum atomic E-state index is 0.495. The maximum absolute atomic E-state index is 3.62. The van der Waals surface area contributed by atoms with Crippen molar-refractivity contribution in [3.8, 4) is 0 Å². The van der Waals surface area contributed by atoms with Gasteiger partial charge in [-0.15, -0.1) is 0 Å². The van der Waals surface area contributed by atoms with Gasteiger partial charge in [0.2, 0.25) is 0 Å². The van der Waals surface area contributed by atoms with Crippen LogP contribution in [0.3, 0.4) is 0 Å². The summed E-state index contributed by atoms with van der Waals surface area (Å²) in [6.07, 6.45) is 2.51. The molecule has 0 spiro atoms. The molecule has 18 heavy (non-hydrogen) atoms. The SMILES string of the molecule is c1ccc([C+](c2ccccc2)[C@@H]2CCCN2)cc1. The smallest absolute Gasteiger partial charge is 0.0772 e. The third-order valence-electron chi connectivity index (χ3n) is 3.58. The molecular weight excluding hydrogens is 218 g/mol. The fourth-order valence-electron chi connectivity index (χ4n) is 2.74. The van der Waals surface area contributed by atoms with E-state index in [-0.39, 0.29) is 0 Å². The van der Waals surface area contributed by atoms with Crippen molar-refractivity contribution in [2.45, 2.75) is 18.9 Å². The van der Waals surface area contributed by atoms with E-state index in [1.54, 1.807) is 0 Å². The van der Waals surface area contributed by atoms with Gasteiger partial charge in [-0.05, 0) is 55.8 Å². The van der Waals surface area contributed by atoms with E-state index in [0.29, 0.717) is 6.04 Å². The van der Waals surface area contributed by atoms with Crippen LogP contribution in [0.5, 0.6) is 0 Å². The molecule has 0 unspecified atom stereocenters. The fourth-order valence-corrected chi connectivity index (χ4v) is 2.74. The van der Waals surface area contributed by atoms with Crippen LogP contribution in [0.4, 0.5) is 0 Å². The predicted molar refractivity (Wildman–Crippen MR) is 75.4 cm³/mol. The molecule has 0 saturated carbocycles. The standard InChI is InChI=1S/C17H18N/c1-3-8-14(9-4-1)17(16-12-7-13-18-16)15-10-5-2-6-11-15/h1-6,8-11,16,18H,7,12-13H2/q+1/t16-/m0/s1. The summed E-state index contributed by atoms with van der Waals surface area (Å²) in [6.45, 7) is 1.13. The number of hydrogen-bond donors (Lipinski definition) is 1. The van der Waals surface area contributed by atoms with Gasteiger partial charge in [-0.1, -0.05) is 0 Å². The molecule has 1 aliphatic rings. The van der Waals surface area contributed by atoms with Gasteiger partial charge in [-0.2, -0.15) is 0 Å². The van der Waals surface area contributed by atoms with Gasteiger partial charge in [0.05, 0.1) is 23.1 Å². The Morgan fingerprint density at radius 3 is 1.83 bits per heavy atom. The minimum Gasteiger partial charge on any atom is -0.304 e. The molecular formula is C17H18N+. The first-order chi connectivity index (χ1) is 8.95. The number of rotatable bonds is 3. The zero-order valence-electron chi connectivity index (χ0n) is 10.5. The largest absolute Gasteiger partial charge is 0.304 e. The van der Waals surface area contributed by atoms with Crippen LogP contribution >= 0.6 is 0 Å². The van der Waals surface area contributed by atoms with Crippen LogP contribution < -0.4 is 5.32 Å². The number of nitrogens with one attached hydrogen (secondary N) is 1. The molecule has 1 aliphatic heterocycles. The zero-order chi connectivity index (χ0) is 12.2. The lowest BCUT2D eigenvalue weighted by Gasteiger charge is -2.19. The molecule has 1 heterocycles. The lowest BCUT2D eigenvalue weighted by atomic mass is 9.84. The summed E-state index contributed by atoms with van der Waals surface area (Å²) >= 11 is 0. The molecule has 0 bridgehead atoms. The van der Waals surface area contributed by atoms with Crippen molar-refractivity contribution < 1.29 is 0 Å². The number of hydrogen-bond acceptors (Lipinski definition) is 1. The maximum atomic E-state index is 3.62. The van der Waals surface area contributed by atoms with Gasteiger partial charge in [0.25, 0.3) is 0 Å². The molecule has 1 heteroatoms. The quantitative estimate of drug-likeness (QED) is 0.805. The Hall–Kier alpha value is -1.73. The highest BCUT2D eigenvalue weighted by atomic mass is 14.9. The molecule has 0 amide bonds. The van der Waals surface area contributed by atoms with Crippen LogP contribution in [-0.2, 0) is 0 Å². The fraction of sp³-hybridized carbons (Fsp3) is 0.235. The van der Waals surface area contributed by atoms with Crippen LogP contribution in [0, 0.1) is 5.92 Å². The van der Waals surface area contributed by atoms with Crippen molar-refractivity contribution in [2.75, 3.05) is 6.54 Å². The topological polar surface area (TPSA) is 12.0 Å². The van der Waals surface area contributed by atoms with Crippen molar-refractivity contribution >= 4 is 0 Å². The highest BCUT2D eigenvalue weighted by Crippen LogP contribution is 2.30. The second kappa shape index (κ2) is 5.28. The van der Waals surface area contributed by atoms with Gasteiger partial charge >= 0.3 is 0 Å². The first-order valence-electron chi connectivity index (χ1n) is 6.66. The van der Waals surface area contributed by atoms with E-state index >= 15 is 0 Å². The van der Waals surface area contributed by atoms with Crippen molar-refractivity contribution in [1.82, 2.24) is 5.32 Å². The second-order valence-electron chi connectivity index (χ2n) is 4.79. The van der Waals surface area contributed by atoms with E-state index in [2.05, 4.69) is 66.0 Å². The Morgan fingerprint density at radius 1 is 0.833 bits per heavy atom. The average Bonchev–Trinajstić information content (AvgIpc) is 2.95. The molecule has 2 aromatic carbocycles.